The first-order chi connectivity index (χ1) is 15.0. The first-order valence-corrected chi connectivity index (χ1v) is 9.82. The van der Waals surface area contributed by atoms with Gasteiger partial charge in [-0.3, -0.25) is 4.79 Å². The summed E-state index contributed by atoms with van der Waals surface area (Å²) in [5.74, 6) is -0.0217. The summed E-state index contributed by atoms with van der Waals surface area (Å²) in [5.41, 5.74) is 8.53. The summed E-state index contributed by atoms with van der Waals surface area (Å²) in [6.45, 7) is 4.28. The number of halogens is 1. The zero-order chi connectivity index (χ0) is 22.0. The van der Waals surface area contributed by atoms with Gasteiger partial charge in [0.1, 0.15) is 23.6 Å². The van der Waals surface area contributed by atoms with Gasteiger partial charge >= 0.3 is 0 Å². The summed E-state index contributed by atoms with van der Waals surface area (Å²) >= 11 is 5.94. The van der Waals surface area contributed by atoms with Gasteiger partial charge in [-0.2, -0.15) is 5.10 Å². The van der Waals surface area contributed by atoms with Crippen LogP contribution in [0.1, 0.15) is 0 Å². The van der Waals surface area contributed by atoms with E-state index in [1.807, 2.05) is 30.3 Å². The maximum absolute atomic E-state index is 12.4. The molecule has 0 saturated carbocycles. The number of fused-ring (bicyclic) bond motifs is 1. The molecular weight excluding hydrogens is 416 g/mol. The Morgan fingerprint density at radius 2 is 2.00 bits per heavy atom. The quantitative estimate of drug-likeness (QED) is 0.448. The molecule has 1 amide bonds. The lowest BCUT2D eigenvalue weighted by Crippen LogP contribution is -2.32. The minimum atomic E-state index is -0.223. The topological polar surface area (TPSA) is 110 Å². The predicted octanol–water partition coefficient (Wildman–Crippen LogP) is 3.65. The number of hydrogen-bond acceptors (Lipinski definition) is 6. The fraction of sp³-hybridized carbons (Fsp3) is 0.0909. The average Bonchev–Trinajstić information content (AvgIpc) is 3.16. The highest BCUT2D eigenvalue weighted by Gasteiger charge is 2.19. The van der Waals surface area contributed by atoms with E-state index < -0.39 is 0 Å². The van der Waals surface area contributed by atoms with Crippen LogP contribution in [0.25, 0.3) is 22.3 Å². The highest BCUT2D eigenvalue weighted by Crippen LogP contribution is 2.34. The largest absolute Gasteiger partial charge is 0.506 e. The number of hydrogen-bond donors (Lipinski definition) is 2. The van der Waals surface area contributed by atoms with Crippen LogP contribution in [0.15, 0.2) is 67.5 Å². The van der Waals surface area contributed by atoms with E-state index in [1.54, 1.807) is 21.7 Å². The van der Waals surface area contributed by atoms with Crippen LogP contribution in [0.2, 0.25) is 5.02 Å². The first-order valence-electron chi connectivity index (χ1n) is 9.44. The number of nitrogen functional groups attached to an aromatic ring is 1. The van der Waals surface area contributed by atoms with E-state index in [0.29, 0.717) is 35.4 Å². The van der Waals surface area contributed by atoms with E-state index in [0.717, 1.165) is 5.69 Å². The minimum absolute atomic E-state index is 0.0656. The van der Waals surface area contributed by atoms with Gasteiger partial charge in [0.05, 0.1) is 17.0 Å². The molecule has 3 N–H and O–H groups in total. The number of aromatic hydroxyl groups is 1. The zero-order valence-electron chi connectivity index (χ0n) is 16.4. The number of nitrogens with two attached hydrogens (primary N) is 1. The van der Waals surface area contributed by atoms with Crippen LogP contribution in [0.5, 0.6) is 5.75 Å². The molecule has 0 aliphatic carbocycles. The predicted molar refractivity (Wildman–Crippen MR) is 121 cm³/mol. The third kappa shape index (κ3) is 3.93. The third-order valence-corrected chi connectivity index (χ3v) is 5.14. The highest BCUT2D eigenvalue weighted by atomic mass is 35.5. The number of carbonyl (C=O) groups excluding carboxylic acids is 1. The Morgan fingerprint density at radius 3 is 2.71 bits per heavy atom. The van der Waals surface area contributed by atoms with Crippen molar-refractivity contribution in [2.24, 2.45) is 0 Å². The van der Waals surface area contributed by atoms with Crippen molar-refractivity contribution in [2.75, 3.05) is 17.2 Å². The maximum atomic E-state index is 12.4. The van der Waals surface area contributed by atoms with Gasteiger partial charge in [-0.15, -0.1) is 0 Å². The molecule has 2 aromatic heterocycles. The van der Waals surface area contributed by atoms with E-state index in [9.17, 15) is 9.90 Å². The van der Waals surface area contributed by atoms with E-state index in [-0.39, 0.29) is 22.5 Å². The van der Waals surface area contributed by atoms with E-state index >= 15 is 0 Å². The molecule has 31 heavy (non-hydrogen) atoms. The minimum Gasteiger partial charge on any atom is -0.506 e. The number of phenolic OH excluding ortho intramolecular Hbond substituents is 1. The molecule has 2 aromatic carbocycles. The molecule has 8 nitrogen and oxygen atoms in total. The van der Waals surface area contributed by atoms with Gasteiger partial charge in [-0.25, -0.2) is 14.6 Å². The third-order valence-electron chi connectivity index (χ3n) is 4.82. The maximum Gasteiger partial charge on any atom is 0.250 e. The Balaban J connectivity index is 1.74. The summed E-state index contributed by atoms with van der Waals surface area (Å²) in [4.78, 5) is 22.5. The molecule has 9 heteroatoms. The monoisotopic (exact) mass is 434 g/mol. The van der Waals surface area contributed by atoms with Gasteiger partial charge in [0.15, 0.2) is 5.65 Å². The van der Waals surface area contributed by atoms with Gasteiger partial charge < -0.3 is 15.7 Å². The number of amides is 1. The molecule has 0 fully saturated rings. The molecule has 0 aliphatic rings. The van der Waals surface area contributed by atoms with Crippen LogP contribution >= 0.6 is 11.6 Å². The van der Waals surface area contributed by atoms with Crippen molar-refractivity contribution in [3.63, 3.8) is 0 Å². The molecule has 2 heterocycles. The highest BCUT2D eigenvalue weighted by molar-refractivity contribution is 6.32. The molecule has 0 aliphatic heterocycles. The van der Waals surface area contributed by atoms with Gasteiger partial charge in [0.2, 0.25) is 5.91 Å². The van der Waals surface area contributed by atoms with Crippen LogP contribution in [-0.4, -0.2) is 37.3 Å². The molecule has 4 rings (SSSR count). The number of nitrogens with zero attached hydrogens (tertiary/aromatic N) is 5. The summed E-state index contributed by atoms with van der Waals surface area (Å²) in [5, 5.41) is 15.5. The molecular formula is C22H19ClN6O2. The van der Waals surface area contributed by atoms with Gasteiger partial charge in [0, 0.05) is 17.8 Å². The zero-order valence-corrected chi connectivity index (χ0v) is 17.2. The Hall–Kier alpha value is -3.91. The van der Waals surface area contributed by atoms with Gasteiger partial charge in [-0.05, 0) is 30.3 Å². The number of rotatable bonds is 6. The van der Waals surface area contributed by atoms with Crippen molar-refractivity contribution in [1.29, 1.82) is 0 Å². The Morgan fingerprint density at radius 1 is 1.23 bits per heavy atom. The van der Waals surface area contributed by atoms with E-state index in [1.165, 1.54) is 18.5 Å². The van der Waals surface area contributed by atoms with Gasteiger partial charge in [-0.1, -0.05) is 42.4 Å². The summed E-state index contributed by atoms with van der Waals surface area (Å²) in [6.07, 6.45) is 2.64. The van der Waals surface area contributed by atoms with Crippen molar-refractivity contribution in [3.8, 4) is 17.0 Å². The van der Waals surface area contributed by atoms with Gasteiger partial charge in [0.25, 0.3) is 0 Å². The molecule has 0 spiro atoms. The number of anilines is 2. The van der Waals surface area contributed by atoms with Crippen LogP contribution in [0.4, 0.5) is 11.5 Å². The fourth-order valence-corrected chi connectivity index (χ4v) is 3.45. The van der Waals surface area contributed by atoms with Crippen LogP contribution in [-0.2, 0) is 11.3 Å². The number of para-hydroxylation sites is 1. The Bertz CT molecular complexity index is 1270. The number of aromatic nitrogens is 4. The van der Waals surface area contributed by atoms with Crippen LogP contribution in [0, 0.1) is 0 Å². The molecule has 0 bridgehead atoms. The normalized spacial score (nSPS) is 10.9. The van der Waals surface area contributed by atoms with Crippen molar-refractivity contribution < 1.29 is 9.90 Å². The second kappa shape index (κ2) is 8.45. The van der Waals surface area contributed by atoms with E-state index in [2.05, 4.69) is 21.6 Å². The van der Waals surface area contributed by atoms with Crippen molar-refractivity contribution >= 4 is 40.0 Å². The summed E-state index contributed by atoms with van der Waals surface area (Å²) in [6, 6.07) is 14.1. The number of benzene rings is 2. The Labute approximate surface area is 183 Å². The summed E-state index contributed by atoms with van der Waals surface area (Å²) in [7, 11) is 0. The molecule has 4 aromatic rings. The molecule has 0 saturated heterocycles. The SMILES string of the molecule is C=CC(=O)N(CCn1nc(-c2ccc(Cl)c(O)c2)c2c(N)ncnc21)c1ccccc1. The lowest BCUT2D eigenvalue weighted by atomic mass is 10.1. The van der Waals surface area contributed by atoms with E-state index in [4.69, 9.17) is 17.3 Å². The summed E-state index contributed by atoms with van der Waals surface area (Å²) < 4.78 is 1.67. The molecule has 156 valence electrons. The van der Waals surface area contributed by atoms with Crippen molar-refractivity contribution in [1.82, 2.24) is 19.7 Å². The van der Waals surface area contributed by atoms with Crippen LogP contribution in [0.3, 0.4) is 0 Å². The second-order valence-corrected chi connectivity index (χ2v) is 7.13. The first kappa shape index (κ1) is 20.4. The molecule has 0 radical (unpaired) electrons. The second-order valence-electron chi connectivity index (χ2n) is 6.73. The average molecular weight is 435 g/mol. The fourth-order valence-electron chi connectivity index (χ4n) is 3.33. The lowest BCUT2D eigenvalue weighted by Gasteiger charge is -2.21. The molecule has 0 unspecified atom stereocenters. The number of carbonyl (C=O) groups is 1. The smallest absolute Gasteiger partial charge is 0.250 e. The Kier molecular flexibility index (Phi) is 5.55. The van der Waals surface area contributed by atoms with Crippen LogP contribution < -0.4 is 10.6 Å². The van der Waals surface area contributed by atoms with Crippen molar-refractivity contribution in [3.05, 3.63) is 72.5 Å². The lowest BCUT2D eigenvalue weighted by molar-refractivity contribution is -0.114. The molecule has 0 atom stereocenters. The standard InChI is InChI=1S/C22H19ClN6O2/c1-2-18(31)28(15-6-4-3-5-7-15)10-11-29-22-19(21(24)25-13-26-22)20(27-29)14-8-9-16(23)17(30)12-14/h2-9,12-13,30H,1,10-11H2,(H2,24,25,26). The number of phenols is 1. The van der Waals surface area contributed by atoms with Crippen molar-refractivity contribution in [2.45, 2.75) is 6.54 Å².